The van der Waals surface area contributed by atoms with Gasteiger partial charge in [0.05, 0.1) is 0 Å². The van der Waals surface area contributed by atoms with Crippen LogP contribution >= 0.6 is 0 Å². The van der Waals surface area contributed by atoms with Gasteiger partial charge in [0.15, 0.2) is 0 Å². The zero-order valence-electron chi connectivity index (χ0n) is 13.4. The first-order valence-electron chi connectivity index (χ1n) is 8.49. The third kappa shape index (κ3) is 1.60. The Morgan fingerprint density at radius 3 is 1.80 bits per heavy atom. The van der Waals surface area contributed by atoms with E-state index in [0.717, 1.165) is 43.1 Å². The minimum atomic E-state index is -0.141. The molecule has 0 bridgehead atoms. The van der Waals surface area contributed by atoms with Gasteiger partial charge in [-0.15, -0.1) is 0 Å². The zero-order chi connectivity index (χ0) is 16.5. The van der Waals surface area contributed by atoms with Gasteiger partial charge in [0.2, 0.25) is 0 Å². The summed E-state index contributed by atoms with van der Waals surface area (Å²) in [5, 5.41) is 10.5. The van der Waals surface area contributed by atoms with E-state index in [-0.39, 0.29) is 5.82 Å². The van der Waals surface area contributed by atoms with Gasteiger partial charge in [-0.25, -0.2) is 4.39 Å². The summed E-state index contributed by atoms with van der Waals surface area (Å²) in [6, 6.07) is 26.7. The van der Waals surface area contributed by atoms with Gasteiger partial charge in [-0.2, -0.15) is 0 Å². The van der Waals surface area contributed by atoms with E-state index < -0.39 is 0 Å². The Kier molecular flexibility index (Phi) is 2.34. The molecule has 0 radical (unpaired) electrons. The molecule has 6 rings (SSSR count). The molecule has 0 heterocycles. The average molecular weight is 320 g/mol. The molecular formula is C24H13F. The quantitative estimate of drug-likeness (QED) is 0.208. The molecule has 1 heteroatoms. The fourth-order valence-electron chi connectivity index (χ4n) is 4.35. The monoisotopic (exact) mass is 320 g/mol. The van der Waals surface area contributed by atoms with Crippen molar-refractivity contribution in [3.05, 3.63) is 84.7 Å². The predicted octanol–water partition coefficient (Wildman–Crippen LogP) is 7.03. The molecule has 0 nitrogen and oxygen atoms in total. The number of hydrogen-bond acceptors (Lipinski definition) is 0. The van der Waals surface area contributed by atoms with Crippen LogP contribution in [0, 0.1) is 5.82 Å². The van der Waals surface area contributed by atoms with Crippen LogP contribution in [0.15, 0.2) is 78.9 Å². The Balaban J connectivity index is 2.04. The van der Waals surface area contributed by atoms with E-state index in [1.165, 1.54) is 10.8 Å². The molecule has 0 atom stereocenters. The van der Waals surface area contributed by atoms with Crippen molar-refractivity contribution in [1.82, 2.24) is 0 Å². The summed E-state index contributed by atoms with van der Waals surface area (Å²) in [7, 11) is 0. The highest BCUT2D eigenvalue weighted by molar-refractivity contribution is 6.32. The number of halogens is 1. The molecule has 0 unspecified atom stereocenters. The average Bonchev–Trinajstić information content (AvgIpc) is 2.65. The summed E-state index contributed by atoms with van der Waals surface area (Å²) < 4.78 is 15.3. The lowest BCUT2D eigenvalue weighted by atomic mass is 9.88. The highest BCUT2D eigenvalue weighted by atomic mass is 19.1. The maximum absolute atomic E-state index is 15.3. The van der Waals surface area contributed by atoms with Crippen molar-refractivity contribution in [2.24, 2.45) is 0 Å². The van der Waals surface area contributed by atoms with E-state index in [1.807, 2.05) is 30.3 Å². The van der Waals surface area contributed by atoms with Crippen molar-refractivity contribution in [2.45, 2.75) is 0 Å². The molecule has 0 fully saturated rings. The first-order valence-corrected chi connectivity index (χ1v) is 8.49. The van der Waals surface area contributed by atoms with Crippen LogP contribution in [0.25, 0.3) is 53.9 Å². The van der Waals surface area contributed by atoms with Gasteiger partial charge in [-0.05, 0) is 61.3 Å². The Bertz CT molecular complexity index is 1440. The first-order chi connectivity index (χ1) is 12.3. The molecule has 6 aromatic carbocycles. The normalized spacial score (nSPS) is 12.2. The molecule has 6 aromatic rings. The SMILES string of the molecule is Fc1cc2c3ccccc3cc3ccc4cc5ccccc5c1c4c32. The fourth-order valence-corrected chi connectivity index (χ4v) is 4.35. The molecule has 25 heavy (non-hydrogen) atoms. The zero-order valence-corrected chi connectivity index (χ0v) is 13.4. The lowest BCUT2D eigenvalue weighted by Crippen LogP contribution is -1.90. The van der Waals surface area contributed by atoms with E-state index in [2.05, 4.69) is 42.5 Å². The Labute approximate surface area is 143 Å². The summed E-state index contributed by atoms with van der Waals surface area (Å²) in [5.74, 6) is -0.141. The molecule has 0 saturated heterocycles. The topological polar surface area (TPSA) is 0 Å². The molecule has 116 valence electrons. The van der Waals surface area contributed by atoms with Crippen molar-refractivity contribution in [1.29, 1.82) is 0 Å². The molecule has 0 spiro atoms. The second-order valence-corrected chi connectivity index (χ2v) is 6.74. The maximum atomic E-state index is 15.3. The third-order valence-electron chi connectivity index (χ3n) is 5.40. The summed E-state index contributed by atoms with van der Waals surface area (Å²) in [4.78, 5) is 0. The van der Waals surface area contributed by atoms with Crippen molar-refractivity contribution < 1.29 is 4.39 Å². The van der Waals surface area contributed by atoms with Crippen LogP contribution in [0.4, 0.5) is 4.39 Å². The molecule has 0 aromatic heterocycles. The lowest BCUT2D eigenvalue weighted by molar-refractivity contribution is 0.642. The van der Waals surface area contributed by atoms with Crippen molar-refractivity contribution in [3.8, 4) is 0 Å². The third-order valence-corrected chi connectivity index (χ3v) is 5.40. The lowest BCUT2D eigenvalue weighted by Gasteiger charge is -2.15. The molecule has 0 aliphatic rings. The van der Waals surface area contributed by atoms with E-state index in [1.54, 1.807) is 6.07 Å². The van der Waals surface area contributed by atoms with Gasteiger partial charge in [-0.3, -0.25) is 0 Å². The fraction of sp³-hybridized carbons (Fsp3) is 0. The van der Waals surface area contributed by atoms with Crippen molar-refractivity contribution >= 4 is 53.9 Å². The van der Waals surface area contributed by atoms with E-state index >= 15 is 4.39 Å². The summed E-state index contributed by atoms with van der Waals surface area (Å²) >= 11 is 0. The van der Waals surface area contributed by atoms with Crippen molar-refractivity contribution in [3.63, 3.8) is 0 Å². The van der Waals surface area contributed by atoms with Gasteiger partial charge in [0, 0.05) is 10.8 Å². The van der Waals surface area contributed by atoms with E-state index in [9.17, 15) is 0 Å². The summed E-state index contributed by atoms with van der Waals surface area (Å²) in [6.45, 7) is 0. The number of hydrogen-bond donors (Lipinski definition) is 0. The van der Waals surface area contributed by atoms with Crippen LogP contribution < -0.4 is 0 Å². The van der Waals surface area contributed by atoms with Gasteiger partial charge in [-0.1, -0.05) is 60.7 Å². The summed E-state index contributed by atoms with van der Waals surface area (Å²) in [6.07, 6.45) is 0. The molecule has 0 aliphatic heterocycles. The van der Waals surface area contributed by atoms with Gasteiger partial charge in [0.25, 0.3) is 0 Å². The number of benzene rings is 6. The second kappa shape index (κ2) is 4.46. The van der Waals surface area contributed by atoms with Crippen LogP contribution in [-0.2, 0) is 0 Å². The molecular weight excluding hydrogens is 307 g/mol. The van der Waals surface area contributed by atoms with Crippen LogP contribution in [-0.4, -0.2) is 0 Å². The second-order valence-electron chi connectivity index (χ2n) is 6.74. The number of rotatable bonds is 0. The number of fused-ring (bicyclic) bond motifs is 4. The van der Waals surface area contributed by atoms with E-state index in [0.29, 0.717) is 0 Å². The van der Waals surface area contributed by atoms with Crippen LogP contribution in [0.2, 0.25) is 0 Å². The van der Waals surface area contributed by atoms with Crippen LogP contribution in [0.5, 0.6) is 0 Å². The highest BCUT2D eigenvalue weighted by Gasteiger charge is 2.16. The smallest absolute Gasteiger partial charge is 0.132 e. The van der Waals surface area contributed by atoms with Gasteiger partial charge >= 0.3 is 0 Å². The minimum absolute atomic E-state index is 0.141. The van der Waals surface area contributed by atoms with E-state index in [4.69, 9.17) is 0 Å². The van der Waals surface area contributed by atoms with Gasteiger partial charge < -0.3 is 0 Å². The largest absolute Gasteiger partial charge is 0.206 e. The predicted molar refractivity (Wildman–Crippen MR) is 105 cm³/mol. The maximum Gasteiger partial charge on any atom is 0.132 e. The minimum Gasteiger partial charge on any atom is -0.206 e. The first kappa shape index (κ1) is 13.1. The molecule has 0 saturated carbocycles. The Morgan fingerprint density at radius 1 is 0.440 bits per heavy atom. The van der Waals surface area contributed by atoms with Crippen LogP contribution in [0.1, 0.15) is 0 Å². The molecule has 0 aliphatic carbocycles. The molecule has 0 amide bonds. The Hall–Kier alpha value is -3.19. The molecule has 0 N–H and O–H groups in total. The highest BCUT2D eigenvalue weighted by Crippen LogP contribution is 2.42. The van der Waals surface area contributed by atoms with Gasteiger partial charge in [0.1, 0.15) is 5.82 Å². The van der Waals surface area contributed by atoms with Crippen LogP contribution in [0.3, 0.4) is 0 Å². The van der Waals surface area contributed by atoms with Crippen molar-refractivity contribution in [2.75, 3.05) is 0 Å². The standard InChI is InChI=1S/C24H13F/c25-21-13-20-18-7-3-1-5-14(18)11-16-9-10-17-12-15-6-2-4-8-19(15)24(21)23(17)22(16)20/h1-13H. The summed E-state index contributed by atoms with van der Waals surface area (Å²) in [5.41, 5.74) is 0. The Morgan fingerprint density at radius 2 is 1.04 bits per heavy atom.